The number of para-hydroxylation sites is 1. The zero-order valence-corrected chi connectivity index (χ0v) is 14.5. The maximum absolute atomic E-state index is 12.7. The Kier molecular flexibility index (Phi) is 4.44. The summed E-state index contributed by atoms with van der Waals surface area (Å²) in [5.74, 6) is 0.116. The van der Waals surface area contributed by atoms with Crippen LogP contribution in [-0.4, -0.2) is 52.8 Å². The van der Waals surface area contributed by atoms with Crippen molar-refractivity contribution in [2.24, 2.45) is 0 Å². The molecule has 26 heavy (non-hydrogen) atoms. The quantitative estimate of drug-likeness (QED) is 0.792. The Balaban J connectivity index is 1.37. The number of aromatic nitrogens is 1. The van der Waals surface area contributed by atoms with Crippen molar-refractivity contribution in [3.63, 3.8) is 0 Å². The van der Waals surface area contributed by atoms with Gasteiger partial charge in [-0.3, -0.25) is 9.59 Å². The average Bonchev–Trinajstić information content (AvgIpc) is 3.12. The van der Waals surface area contributed by atoms with Crippen molar-refractivity contribution in [2.75, 3.05) is 26.2 Å². The van der Waals surface area contributed by atoms with Crippen molar-refractivity contribution < 1.29 is 9.59 Å². The number of aromatic amines is 1. The van der Waals surface area contributed by atoms with Gasteiger partial charge < -0.3 is 14.8 Å². The molecular formula is C21H21N3O2. The number of nitrogens with one attached hydrogen (secondary N) is 1. The van der Waals surface area contributed by atoms with Gasteiger partial charge in [-0.05, 0) is 17.7 Å². The van der Waals surface area contributed by atoms with Gasteiger partial charge in [0.25, 0.3) is 5.91 Å². The number of benzene rings is 2. The maximum Gasteiger partial charge on any atom is 0.270 e. The van der Waals surface area contributed by atoms with E-state index >= 15 is 0 Å². The Hall–Kier alpha value is -3.08. The van der Waals surface area contributed by atoms with Gasteiger partial charge in [-0.2, -0.15) is 0 Å². The number of H-pyrrole nitrogens is 1. The molecule has 0 atom stereocenters. The number of carbonyl (C=O) groups is 2. The SMILES string of the molecule is O=C(Cc1ccccc1)N1CCN(C(=O)c2cc3ccccc3[nH]2)CC1. The van der Waals surface area contributed by atoms with Crippen molar-refractivity contribution in [1.29, 1.82) is 0 Å². The molecule has 2 amide bonds. The molecule has 1 aliphatic heterocycles. The van der Waals surface area contributed by atoms with Crippen molar-refractivity contribution >= 4 is 22.7 Å². The molecule has 132 valence electrons. The van der Waals surface area contributed by atoms with Gasteiger partial charge in [0.05, 0.1) is 6.42 Å². The predicted molar refractivity (Wildman–Crippen MR) is 101 cm³/mol. The molecule has 0 radical (unpaired) electrons. The van der Waals surface area contributed by atoms with Crippen LogP contribution in [-0.2, 0) is 11.2 Å². The lowest BCUT2D eigenvalue weighted by Crippen LogP contribution is -2.51. The highest BCUT2D eigenvalue weighted by Gasteiger charge is 2.25. The van der Waals surface area contributed by atoms with E-state index in [9.17, 15) is 9.59 Å². The molecule has 5 nitrogen and oxygen atoms in total. The van der Waals surface area contributed by atoms with Gasteiger partial charge >= 0.3 is 0 Å². The van der Waals surface area contributed by atoms with E-state index in [-0.39, 0.29) is 11.8 Å². The topological polar surface area (TPSA) is 56.4 Å². The summed E-state index contributed by atoms with van der Waals surface area (Å²) in [6.45, 7) is 2.29. The summed E-state index contributed by atoms with van der Waals surface area (Å²) in [6.07, 6.45) is 0.413. The van der Waals surface area contributed by atoms with Gasteiger partial charge in [0.15, 0.2) is 0 Å². The lowest BCUT2D eigenvalue weighted by atomic mass is 10.1. The van der Waals surface area contributed by atoms with Crippen molar-refractivity contribution in [1.82, 2.24) is 14.8 Å². The lowest BCUT2D eigenvalue weighted by molar-refractivity contribution is -0.131. The normalized spacial score (nSPS) is 14.6. The van der Waals surface area contributed by atoms with Crippen LogP contribution in [0.1, 0.15) is 16.1 Å². The fraction of sp³-hybridized carbons (Fsp3) is 0.238. The number of piperazine rings is 1. The zero-order chi connectivity index (χ0) is 17.9. The highest BCUT2D eigenvalue weighted by atomic mass is 16.2. The Bertz CT molecular complexity index is 892. The van der Waals surface area contributed by atoms with Crippen molar-refractivity contribution in [2.45, 2.75) is 6.42 Å². The first kappa shape index (κ1) is 16.4. The van der Waals surface area contributed by atoms with Crippen LogP contribution in [0.3, 0.4) is 0 Å². The fourth-order valence-corrected chi connectivity index (χ4v) is 3.40. The van der Waals surface area contributed by atoms with Crippen molar-refractivity contribution in [3.8, 4) is 0 Å². The molecule has 1 aliphatic rings. The first-order valence-electron chi connectivity index (χ1n) is 8.89. The highest BCUT2D eigenvalue weighted by Crippen LogP contribution is 2.17. The van der Waals surface area contributed by atoms with Gasteiger partial charge in [0.2, 0.25) is 5.91 Å². The smallest absolute Gasteiger partial charge is 0.270 e. The van der Waals surface area contributed by atoms with E-state index in [0.717, 1.165) is 16.5 Å². The Morgan fingerprint density at radius 2 is 1.50 bits per heavy atom. The molecule has 2 heterocycles. The third kappa shape index (κ3) is 3.33. The number of amides is 2. The highest BCUT2D eigenvalue weighted by molar-refractivity contribution is 5.98. The summed E-state index contributed by atoms with van der Waals surface area (Å²) in [5, 5.41) is 1.03. The van der Waals surface area contributed by atoms with Crippen LogP contribution < -0.4 is 0 Å². The Morgan fingerprint density at radius 3 is 2.23 bits per heavy atom. The molecule has 3 aromatic rings. The lowest BCUT2D eigenvalue weighted by Gasteiger charge is -2.34. The van der Waals surface area contributed by atoms with E-state index in [2.05, 4.69) is 4.98 Å². The molecule has 1 N–H and O–H groups in total. The van der Waals surface area contributed by atoms with Gasteiger partial charge in [-0.1, -0.05) is 48.5 Å². The Morgan fingerprint density at radius 1 is 0.846 bits per heavy atom. The van der Waals surface area contributed by atoms with Crippen LogP contribution in [0.25, 0.3) is 10.9 Å². The van der Waals surface area contributed by atoms with Crippen LogP contribution in [0.5, 0.6) is 0 Å². The molecule has 0 unspecified atom stereocenters. The summed E-state index contributed by atoms with van der Waals surface area (Å²) in [7, 11) is 0. The second-order valence-electron chi connectivity index (χ2n) is 6.61. The molecule has 1 saturated heterocycles. The average molecular weight is 347 g/mol. The molecule has 5 heteroatoms. The van der Waals surface area contributed by atoms with Crippen LogP contribution in [0.15, 0.2) is 60.7 Å². The second-order valence-corrected chi connectivity index (χ2v) is 6.61. The van der Waals surface area contributed by atoms with Crippen LogP contribution in [0.2, 0.25) is 0 Å². The summed E-state index contributed by atoms with van der Waals surface area (Å²) in [5.41, 5.74) is 2.59. The van der Waals surface area contributed by atoms with Gasteiger partial charge in [-0.15, -0.1) is 0 Å². The van der Waals surface area contributed by atoms with Crippen LogP contribution in [0, 0.1) is 0 Å². The first-order chi connectivity index (χ1) is 12.7. The zero-order valence-electron chi connectivity index (χ0n) is 14.5. The minimum atomic E-state index is -0.00337. The van der Waals surface area contributed by atoms with Gasteiger partial charge in [0, 0.05) is 37.1 Å². The standard InChI is InChI=1S/C21H21N3O2/c25-20(14-16-6-2-1-3-7-16)23-10-12-24(13-11-23)21(26)19-15-17-8-4-5-9-18(17)22-19/h1-9,15,22H,10-14H2. The van der Waals surface area contributed by atoms with Gasteiger partial charge in [0.1, 0.15) is 5.69 Å². The number of nitrogens with zero attached hydrogens (tertiary/aromatic N) is 2. The summed E-state index contributed by atoms with van der Waals surface area (Å²) < 4.78 is 0. The first-order valence-corrected chi connectivity index (χ1v) is 8.89. The fourth-order valence-electron chi connectivity index (χ4n) is 3.40. The van der Waals surface area contributed by atoms with E-state index < -0.39 is 0 Å². The predicted octanol–water partition coefficient (Wildman–Crippen LogP) is 2.70. The second kappa shape index (κ2) is 7.04. The molecule has 0 saturated carbocycles. The molecule has 1 fully saturated rings. The van der Waals surface area contributed by atoms with E-state index in [4.69, 9.17) is 0 Å². The monoisotopic (exact) mass is 347 g/mol. The number of hydrogen-bond donors (Lipinski definition) is 1. The third-order valence-electron chi connectivity index (χ3n) is 4.88. The number of carbonyl (C=O) groups excluding carboxylic acids is 2. The third-order valence-corrected chi connectivity index (χ3v) is 4.88. The largest absolute Gasteiger partial charge is 0.351 e. The van der Waals surface area contributed by atoms with E-state index in [1.54, 1.807) is 0 Å². The molecule has 1 aromatic heterocycles. The molecular weight excluding hydrogens is 326 g/mol. The van der Waals surface area contributed by atoms with Gasteiger partial charge in [-0.25, -0.2) is 0 Å². The number of fused-ring (bicyclic) bond motifs is 1. The molecule has 0 bridgehead atoms. The maximum atomic E-state index is 12.7. The minimum absolute atomic E-state index is 0.00337. The number of hydrogen-bond acceptors (Lipinski definition) is 2. The molecule has 0 aliphatic carbocycles. The van der Waals surface area contributed by atoms with Crippen LogP contribution >= 0.6 is 0 Å². The molecule has 2 aromatic carbocycles. The molecule has 0 spiro atoms. The van der Waals surface area contributed by atoms with E-state index in [0.29, 0.717) is 38.3 Å². The number of rotatable bonds is 3. The minimum Gasteiger partial charge on any atom is -0.351 e. The summed E-state index contributed by atoms with van der Waals surface area (Å²) in [6, 6.07) is 19.5. The molecule has 4 rings (SSSR count). The van der Waals surface area contributed by atoms with Crippen molar-refractivity contribution in [3.05, 3.63) is 71.9 Å². The van der Waals surface area contributed by atoms with E-state index in [1.807, 2.05) is 70.5 Å². The summed E-state index contributed by atoms with van der Waals surface area (Å²) in [4.78, 5) is 32.0. The summed E-state index contributed by atoms with van der Waals surface area (Å²) >= 11 is 0. The van der Waals surface area contributed by atoms with E-state index in [1.165, 1.54) is 0 Å². The Labute approximate surface area is 152 Å². The van der Waals surface area contributed by atoms with Crippen LogP contribution in [0.4, 0.5) is 0 Å².